The van der Waals surface area contributed by atoms with Crippen LogP contribution in [0.25, 0.3) is 0 Å². The van der Waals surface area contributed by atoms with Gasteiger partial charge in [0.2, 0.25) is 11.8 Å². The molecule has 150 valence electrons. The molecule has 0 saturated heterocycles. The first kappa shape index (κ1) is 21.6. The molecule has 0 aliphatic rings. The van der Waals surface area contributed by atoms with Crippen molar-refractivity contribution in [1.82, 2.24) is 11.0 Å². The van der Waals surface area contributed by atoms with E-state index in [1.807, 2.05) is 60.7 Å². The largest absolute Gasteiger partial charge is 0.273 e. The van der Waals surface area contributed by atoms with Crippen LogP contribution in [0.2, 0.25) is 0 Å². The van der Waals surface area contributed by atoms with E-state index in [1.54, 1.807) is 0 Å². The number of rotatable bonds is 13. The third-order valence-corrected chi connectivity index (χ3v) is 4.09. The first-order chi connectivity index (χ1) is 13.7. The molecule has 6 heteroatoms. The maximum atomic E-state index is 11.7. The van der Waals surface area contributed by atoms with Gasteiger partial charge in [-0.2, -0.15) is 0 Å². The van der Waals surface area contributed by atoms with Gasteiger partial charge in [0.1, 0.15) is 0 Å². The molecule has 2 rings (SSSR count). The topological polar surface area (TPSA) is 76.7 Å². The van der Waals surface area contributed by atoms with Gasteiger partial charge < -0.3 is 0 Å². The van der Waals surface area contributed by atoms with Crippen LogP contribution in [0.4, 0.5) is 0 Å². The Bertz CT molecular complexity index is 631. The third-order valence-electron chi connectivity index (χ3n) is 4.09. The number of nitrogens with one attached hydrogen (secondary N) is 2. The minimum absolute atomic E-state index is 0.122. The summed E-state index contributed by atoms with van der Waals surface area (Å²) < 4.78 is 0. The normalized spacial score (nSPS) is 10.4. The van der Waals surface area contributed by atoms with Crippen LogP contribution in [0.1, 0.15) is 49.7 Å². The average molecular weight is 384 g/mol. The standard InChI is InChI=1S/C22H28N2O4/c25-21(23-27-17-19-11-5-3-6-12-19)15-9-1-2-10-16-22(26)24-28-18-20-13-7-4-8-14-20/h3-8,11-14H,1-2,9-10,15-18H2,(H,23,25)(H,24,26). The fraction of sp³-hybridized carbons (Fsp3) is 0.364. The quantitative estimate of drug-likeness (QED) is 0.407. The van der Waals surface area contributed by atoms with E-state index >= 15 is 0 Å². The highest BCUT2D eigenvalue weighted by molar-refractivity contribution is 5.75. The second-order valence-electron chi connectivity index (χ2n) is 6.51. The van der Waals surface area contributed by atoms with Crippen molar-refractivity contribution in [3.63, 3.8) is 0 Å². The molecule has 0 fully saturated rings. The highest BCUT2D eigenvalue weighted by atomic mass is 16.7. The van der Waals surface area contributed by atoms with Gasteiger partial charge in [-0.25, -0.2) is 11.0 Å². The lowest BCUT2D eigenvalue weighted by molar-refractivity contribution is -0.135. The molecule has 2 N–H and O–H groups in total. The lowest BCUT2D eigenvalue weighted by atomic mass is 10.1. The highest BCUT2D eigenvalue weighted by Gasteiger charge is 2.04. The van der Waals surface area contributed by atoms with Gasteiger partial charge in [-0.1, -0.05) is 73.5 Å². The maximum Gasteiger partial charge on any atom is 0.243 e. The number of hydrogen-bond acceptors (Lipinski definition) is 4. The van der Waals surface area contributed by atoms with E-state index in [0.717, 1.165) is 36.8 Å². The summed E-state index contributed by atoms with van der Waals surface area (Å²) in [6.07, 6.45) is 4.16. The number of hydroxylamine groups is 2. The van der Waals surface area contributed by atoms with Crippen molar-refractivity contribution >= 4 is 11.8 Å². The summed E-state index contributed by atoms with van der Waals surface area (Å²) in [5.41, 5.74) is 6.93. The summed E-state index contributed by atoms with van der Waals surface area (Å²) in [6, 6.07) is 19.3. The van der Waals surface area contributed by atoms with Crippen LogP contribution in [0.5, 0.6) is 0 Å². The Balaban J connectivity index is 1.40. The lowest BCUT2D eigenvalue weighted by Gasteiger charge is -2.07. The van der Waals surface area contributed by atoms with Crippen molar-refractivity contribution in [2.24, 2.45) is 0 Å². The van der Waals surface area contributed by atoms with E-state index in [1.165, 1.54) is 0 Å². The molecule has 0 saturated carbocycles. The maximum absolute atomic E-state index is 11.7. The van der Waals surface area contributed by atoms with Crippen LogP contribution in [0, 0.1) is 0 Å². The fourth-order valence-electron chi connectivity index (χ4n) is 2.58. The van der Waals surface area contributed by atoms with Crippen LogP contribution in [-0.2, 0) is 32.5 Å². The van der Waals surface area contributed by atoms with Crippen LogP contribution < -0.4 is 11.0 Å². The molecule has 28 heavy (non-hydrogen) atoms. The first-order valence-electron chi connectivity index (χ1n) is 9.63. The number of benzene rings is 2. The second kappa shape index (κ2) is 13.5. The number of hydrogen-bond donors (Lipinski definition) is 2. The van der Waals surface area contributed by atoms with Gasteiger partial charge in [0.25, 0.3) is 0 Å². The molecule has 0 spiro atoms. The molecular weight excluding hydrogens is 356 g/mol. The molecule has 2 amide bonds. The Morgan fingerprint density at radius 1 is 0.607 bits per heavy atom. The first-order valence-corrected chi connectivity index (χ1v) is 9.63. The Labute approximate surface area is 166 Å². The smallest absolute Gasteiger partial charge is 0.243 e. The number of carbonyl (C=O) groups excluding carboxylic acids is 2. The molecule has 0 heterocycles. The third kappa shape index (κ3) is 9.85. The van der Waals surface area contributed by atoms with E-state index in [9.17, 15) is 9.59 Å². The molecular formula is C22H28N2O4. The van der Waals surface area contributed by atoms with Crippen molar-refractivity contribution in [3.8, 4) is 0 Å². The monoisotopic (exact) mass is 384 g/mol. The van der Waals surface area contributed by atoms with Crippen molar-refractivity contribution < 1.29 is 19.3 Å². The zero-order valence-corrected chi connectivity index (χ0v) is 16.1. The molecule has 2 aromatic rings. The minimum atomic E-state index is -0.122. The van der Waals surface area contributed by atoms with Crippen molar-refractivity contribution in [2.75, 3.05) is 0 Å². The second-order valence-corrected chi connectivity index (χ2v) is 6.51. The molecule has 0 aromatic heterocycles. The molecule has 0 radical (unpaired) electrons. The SMILES string of the molecule is O=C(CCCCCCC(=O)NOCc1ccccc1)NOCc1ccccc1. The number of amides is 2. The Morgan fingerprint density at radius 3 is 1.39 bits per heavy atom. The van der Waals surface area contributed by atoms with Gasteiger partial charge in [0.15, 0.2) is 0 Å². The van der Waals surface area contributed by atoms with Gasteiger partial charge >= 0.3 is 0 Å². The van der Waals surface area contributed by atoms with Crippen molar-refractivity contribution in [2.45, 2.75) is 51.7 Å². The predicted octanol–water partition coefficient (Wildman–Crippen LogP) is 3.82. The van der Waals surface area contributed by atoms with E-state index in [0.29, 0.717) is 26.1 Å². The van der Waals surface area contributed by atoms with Gasteiger partial charge in [0.05, 0.1) is 13.2 Å². The molecule has 0 bridgehead atoms. The summed E-state index contributed by atoms with van der Waals surface area (Å²) in [4.78, 5) is 33.8. The van der Waals surface area contributed by atoms with E-state index in [-0.39, 0.29) is 11.8 Å². The summed E-state index contributed by atoms with van der Waals surface area (Å²) in [6.45, 7) is 0.710. The van der Waals surface area contributed by atoms with Crippen molar-refractivity contribution in [1.29, 1.82) is 0 Å². The number of carbonyl (C=O) groups is 2. The van der Waals surface area contributed by atoms with E-state index < -0.39 is 0 Å². The zero-order valence-electron chi connectivity index (χ0n) is 16.1. The molecule has 0 unspecified atom stereocenters. The highest BCUT2D eigenvalue weighted by Crippen LogP contribution is 2.06. The summed E-state index contributed by atoms with van der Waals surface area (Å²) in [5, 5.41) is 0. The lowest BCUT2D eigenvalue weighted by Crippen LogP contribution is -2.23. The average Bonchev–Trinajstić information content (AvgIpc) is 2.72. The molecule has 2 aromatic carbocycles. The van der Waals surface area contributed by atoms with Crippen LogP contribution in [0.15, 0.2) is 60.7 Å². The van der Waals surface area contributed by atoms with Crippen LogP contribution in [0.3, 0.4) is 0 Å². The van der Waals surface area contributed by atoms with E-state index in [2.05, 4.69) is 11.0 Å². The van der Waals surface area contributed by atoms with Gasteiger partial charge in [0, 0.05) is 12.8 Å². The number of unbranched alkanes of at least 4 members (excludes halogenated alkanes) is 3. The predicted molar refractivity (Wildman–Crippen MR) is 106 cm³/mol. The van der Waals surface area contributed by atoms with E-state index in [4.69, 9.17) is 9.68 Å². The van der Waals surface area contributed by atoms with Gasteiger partial charge in [-0.3, -0.25) is 19.3 Å². The summed E-state index contributed by atoms with van der Waals surface area (Å²) in [5.74, 6) is -0.244. The summed E-state index contributed by atoms with van der Waals surface area (Å²) >= 11 is 0. The Kier molecular flexibility index (Phi) is 10.4. The van der Waals surface area contributed by atoms with Gasteiger partial charge in [-0.15, -0.1) is 0 Å². The Morgan fingerprint density at radius 2 is 1.00 bits per heavy atom. The summed E-state index contributed by atoms with van der Waals surface area (Å²) in [7, 11) is 0. The Hall–Kier alpha value is -2.70. The zero-order chi connectivity index (χ0) is 19.9. The molecule has 0 aliphatic heterocycles. The van der Waals surface area contributed by atoms with Crippen LogP contribution in [-0.4, -0.2) is 11.8 Å². The van der Waals surface area contributed by atoms with Gasteiger partial charge in [-0.05, 0) is 24.0 Å². The van der Waals surface area contributed by atoms with Crippen molar-refractivity contribution in [3.05, 3.63) is 71.8 Å². The molecule has 0 atom stereocenters. The fourth-order valence-corrected chi connectivity index (χ4v) is 2.58. The minimum Gasteiger partial charge on any atom is -0.273 e. The molecule has 6 nitrogen and oxygen atoms in total. The van der Waals surface area contributed by atoms with Crippen LogP contribution >= 0.6 is 0 Å². The molecule has 0 aliphatic carbocycles.